The van der Waals surface area contributed by atoms with Gasteiger partial charge in [0.05, 0.1) is 23.1 Å². The van der Waals surface area contributed by atoms with Crippen molar-refractivity contribution < 1.29 is 0 Å². The number of nitrogens with one attached hydrogen (secondary N) is 3. The Hall–Kier alpha value is -4.23. The van der Waals surface area contributed by atoms with Crippen molar-refractivity contribution in [3.8, 4) is 33.6 Å². The number of aromatic nitrogens is 5. The van der Waals surface area contributed by atoms with E-state index in [0.717, 1.165) is 61.4 Å². The second kappa shape index (κ2) is 8.46. The Morgan fingerprint density at radius 3 is 2.67 bits per heavy atom. The van der Waals surface area contributed by atoms with E-state index in [9.17, 15) is 0 Å². The van der Waals surface area contributed by atoms with Gasteiger partial charge in [0.1, 0.15) is 11.3 Å². The van der Waals surface area contributed by atoms with Gasteiger partial charge in [0.15, 0.2) is 0 Å². The van der Waals surface area contributed by atoms with Crippen LogP contribution in [0.5, 0.6) is 0 Å². The van der Waals surface area contributed by atoms with Crippen molar-refractivity contribution in [1.29, 1.82) is 0 Å². The number of thiophene rings is 1. The van der Waals surface area contributed by atoms with Gasteiger partial charge in [-0.3, -0.25) is 10.1 Å². The predicted molar refractivity (Wildman–Crippen MR) is 150 cm³/mol. The van der Waals surface area contributed by atoms with Gasteiger partial charge in [-0.25, -0.2) is 4.98 Å². The van der Waals surface area contributed by atoms with Crippen LogP contribution in [0.4, 0.5) is 5.69 Å². The number of allylic oxidation sites excluding steroid dienone is 1. The molecule has 0 aliphatic rings. The number of pyridine rings is 2. The molecule has 0 atom stereocenters. The van der Waals surface area contributed by atoms with Gasteiger partial charge >= 0.3 is 0 Å². The summed E-state index contributed by atoms with van der Waals surface area (Å²) >= 11 is 1.69. The van der Waals surface area contributed by atoms with Crippen LogP contribution in [0.25, 0.3) is 55.6 Å². The number of nitrogens with zero attached hydrogens (tertiary/aromatic N) is 3. The number of hydrogen-bond donors (Lipinski definition) is 3. The molecule has 3 N–H and O–H groups in total. The Morgan fingerprint density at radius 1 is 0.972 bits per heavy atom. The van der Waals surface area contributed by atoms with Crippen LogP contribution in [0.1, 0.15) is 20.8 Å². The Kier molecular flexibility index (Phi) is 5.23. The lowest BCUT2D eigenvalue weighted by Crippen LogP contribution is -2.15. The quantitative estimate of drug-likeness (QED) is 0.230. The van der Waals surface area contributed by atoms with Gasteiger partial charge in [0, 0.05) is 39.8 Å². The Morgan fingerprint density at radius 2 is 1.86 bits per heavy atom. The second-order valence-corrected chi connectivity index (χ2v) is 10.7. The number of anilines is 1. The van der Waals surface area contributed by atoms with Crippen molar-refractivity contribution in [3.05, 3.63) is 84.1 Å². The van der Waals surface area contributed by atoms with E-state index in [1.165, 1.54) is 5.56 Å². The van der Waals surface area contributed by atoms with Crippen molar-refractivity contribution in [2.75, 3.05) is 5.32 Å². The fourth-order valence-corrected chi connectivity index (χ4v) is 4.91. The first-order valence-electron chi connectivity index (χ1n) is 11.8. The smallest absolute Gasteiger partial charge is 0.138 e. The molecule has 0 saturated carbocycles. The van der Waals surface area contributed by atoms with E-state index in [4.69, 9.17) is 0 Å². The lowest BCUT2D eigenvalue weighted by Gasteiger charge is -2.23. The average molecular weight is 491 g/mol. The van der Waals surface area contributed by atoms with Gasteiger partial charge in [-0.05, 0) is 63.8 Å². The third-order valence-corrected chi connectivity index (χ3v) is 7.14. The SMILES string of the molecule is C=C(Nc1cncc(-c2ccc3[nH]nc(-c4cc5c(-c6ccsc6)ccnc5[nH]4)c3c2)c1)C(C)(C)C. The standard InChI is InChI=1S/C29H26N6S/c1-17(29(2,3)4)32-21-11-20(14-30-15-21)18-5-6-25-24(12-18)27(35-34-25)26-13-23-22(19-8-10-36-16-19)7-9-31-28(23)33-26/h5-16,32H,1H2,2-4H3,(H,31,33)(H,34,35). The largest absolute Gasteiger partial charge is 0.358 e. The molecule has 0 amide bonds. The highest BCUT2D eigenvalue weighted by molar-refractivity contribution is 7.08. The highest BCUT2D eigenvalue weighted by Crippen LogP contribution is 2.35. The van der Waals surface area contributed by atoms with Crippen LogP contribution in [-0.4, -0.2) is 25.1 Å². The van der Waals surface area contributed by atoms with Gasteiger partial charge in [-0.15, -0.1) is 0 Å². The van der Waals surface area contributed by atoms with E-state index in [0.29, 0.717) is 0 Å². The summed E-state index contributed by atoms with van der Waals surface area (Å²) in [7, 11) is 0. The van der Waals surface area contributed by atoms with Crippen LogP contribution in [0.15, 0.2) is 84.1 Å². The summed E-state index contributed by atoms with van der Waals surface area (Å²) in [6.45, 7) is 10.6. The van der Waals surface area contributed by atoms with Gasteiger partial charge < -0.3 is 10.3 Å². The number of benzene rings is 1. The van der Waals surface area contributed by atoms with Crippen LogP contribution in [0.2, 0.25) is 0 Å². The summed E-state index contributed by atoms with van der Waals surface area (Å²) in [4.78, 5) is 12.5. The van der Waals surface area contributed by atoms with Gasteiger partial charge in [-0.1, -0.05) is 33.4 Å². The van der Waals surface area contributed by atoms with Crippen molar-refractivity contribution in [2.24, 2.45) is 5.41 Å². The molecule has 178 valence electrons. The maximum absolute atomic E-state index is 4.65. The van der Waals surface area contributed by atoms with Crippen molar-refractivity contribution in [3.63, 3.8) is 0 Å². The zero-order chi connectivity index (χ0) is 24.9. The van der Waals surface area contributed by atoms with Crippen LogP contribution in [0.3, 0.4) is 0 Å². The molecule has 0 bridgehead atoms. The minimum Gasteiger partial charge on any atom is -0.358 e. The summed E-state index contributed by atoms with van der Waals surface area (Å²) in [5, 5.41) is 17.6. The zero-order valence-corrected chi connectivity index (χ0v) is 21.2. The third-order valence-electron chi connectivity index (χ3n) is 6.45. The molecule has 6 aromatic rings. The Balaban J connectivity index is 1.40. The number of H-pyrrole nitrogens is 2. The normalized spacial score (nSPS) is 11.9. The average Bonchev–Trinajstić information content (AvgIpc) is 3.62. The molecule has 0 fully saturated rings. The van der Waals surface area contributed by atoms with Crippen LogP contribution >= 0.6 is 11.3 Å². The topological polar surface area (TPSA) is 82.3 Å². The van der Waals surface area contributed by atoms with E-state index in [-0.39, 0.29) is 5.41 Å². The molecule has 0 aliphatic heterocycles. The molecule has 6 rings (SSSR count). The summed E-state index contributed by atoms with van der Waals surface area (Å²) in [5.74, 6) is 0. The first kappa shape index (κ1) is 22.2. The third kappa shape index (κ3) is 3.97. The van der Waals surface area contributed by atoms with Crippen molar-refractivity contribution >= 4 is 39.0 Å². The second-order valence-electron chi connectivity index (χ2n) is 9.96. The molecule has 5 heterocycles. The summed E-state index contributed by atoms with van der Waals surface area (Å²) in [6, 6.07) is 14.7. The molecule has 6 nitrogen and oxygen atoms in total. The van der Waals surface area contributed by atoms with Crippen LogP contribution in [0, 0.1) is 5.41 Å². The molecule has 0 saturated heterocycles. The summed E-state index contributed by atoms with van der Waals surface area (Å²) in [5.41, 5.74) is 9.89. The molecular formula is C29H26N6S. The van der Waals surface area contributed by atoms with Gasteiger partial charge in [0.25, 0.3) is 0 Å². The molecule has 0 radical (unpaired) electrons. The van der Waals surface area contributed by atoms with Crippen molar-refractivity contribution in [1.82, 2.24) is 25.1 Å². The van der Waals surface area contributed by atoms with E-state index in [2.05, 4.69) is 111 Å². The van der Waals surface area contributed by atoms with Crippen LogP contribution < -0.4 is 5.32 Å². The predicted octanol–water partition coefficient (Wildman–Crippen LogP) is 7.87. The minimum absolute atomic E-state index is 0.0433. The molecule has 0 unspecified atom stereocenters. The number of fused-ring (bicyclic) bond motifs is 2. The van der Waals surface area contributed by atoms with E-state index in [1.807, 2.05) is 18.6 Å². The number of rotatable bonds is 5. The maximum atomic E-state index is 4.65. The van der Waals surface area contributed by atoms with E-state index in [1.54, 1.807) is 11.3 Å². The molecular weight excluding hydrogens is 464 g/mol. The van der Waals surface area contributed by atoms with E-state index < -0.39 is 0 Å². The Bertz CT molecular complexity index is 1720. The lowest BCUT2D eigenvalue weighted by atomic mass is 9.93. The summed E-state index contributed by atoms with van der Waals surface area (Å²) in [6.07, 6.45) is 5.55. The molecule has 5 aromatic heterocycles. The Labute approximate surface area is 213 Å². The highest BCUT2D eigenvalue weighted by Gasteiger charge is 2.17. The molecule has 0 spiro atoms. The fraction of sp³-hybridized carbons (Fsp3) is 0.138. The maximum Gasteiger partial charge on any atom is 0.138 e. The molecule has 0 aliphatic carbocycles. The highest BCUT2D eigenvalue weighted by atomic mass is 32.1. The monoisotopic (exact) mass is 490 g/mol. The van der Waals surface area contributed by atoms with Gasteiger partial charge in [0.2, 0.25) is 0 Å². The number of hydrogen-bond acceptors (Lipinski definition) is 5. The number of aromatic amines is 2. The first-order valence-corrected chi connectivity index (χ1v) is 12.7. The zero-order valence-electron chi connectivity index (χ0n) is 20.4. The van der Waals surface area contributed by atoms with Crippen LogP contribution in [-0.2, 0) is 0 Å². The minimum atomic E-state index is -0.0433. The summed E-state index contributed by atoms with van der Waals surface area (Å²) < 4.78 is 0. The first-order chi connectivity index (χ1) is 17.4. The van der Waals surface area contributed by atoms with E-state index >= 15 is 0 Å². The molecule has 36 heavy (non-hydrogen) atoms. The fourth-order valence-electron chi connectivity index (χ4n) is 4.25. The molecule has 7 heteroatoms. The lowest BCUT2D eigenvalue weighted by molar-refractivity contribution is 0.509. The van der Waals surface area contributed by atoms with Gasteiger partial charge in [-0.2, -0.15) is 16.4 Å². The molecule has 1 aromatic carbocycles. The van der Waals surface area contributed by atoms with Crippen molar-refractivity contribution in [2.45, 2.75) is 20.8 Å².